The van der Waals surface area contributed by atoms with Crippen molar-refractivity contribution in [1.29, 1.82) is 5.26 Å². The molecule has 7 heteroatoms. The second-order valence-electron chi connectivity index (χ2n) is 8.29. The topological polar surface area (TPSA) is 97.6 Å². The molecule has 0 spiro atoms. The van der Waals surface area contributed by atoms with Crippen LogP contribution in [0.3, 0.4) is 0 Å². The van der Waals surface area contributed by atoms with Crippen LogP contribution < -0.4 is 15.5 Å². The third kappa shape index (κ3) is 4.14. The van der Waals surface area contributed by atoms with Gasteiger partial charge in [-0.1, -0.05) is 48.5 Å². The highest BCUT2D eigenvalue weighted by molar-refractivity contribution is 6.20. The van der Waals surface area contributed by atoms with Gasteiger partial charge in [0, 0.05) is 24.2 Å². The largest absolute Gasteiger partial charge is 0.371 e. The van der Waals surface area contributed by atoms with E-state index in [1.807, 2.05) is 54.6 Å². The zero-order valence-corrected chi connectivity index (χ0v) is 18.5. The molecule has 7 nitrogen and oxygen atoms in total. The summed E-state index contributed by atoms with van der Waals surface area (Å²) in [5.74, 6) is -0.822. The summed E-state index contributed by atoms with van der Waals surface area (Å²) in [6, 6.07) is 24.2. The highest BCUT2D eigenvalue weighted by Crippen LogP contribution is 2.27. The van der Waals surface area contributed by atoms with Gasteiger partial charge in [-0.25, -0.2) is 4.99 Å². The van der Waals surface area contributed by atoms with E-state index in [4.69, 9.17) is 4.99 Å². The Bertz CT molecular complexity index is 1320. The smallest absolute Gasteiger partial charge is 0.269 e. The number of nitrogens with zero attached hydrogens (tertiary/aromatic N) is 3. The van der Waals surface area contributed by atoms with Crippen molar-refractivity contribution >= 4 is 28.9 Å². The van der Waals surface area contributed by atoms with Crippen molar-refractivity contribution in [2.24, 2.45) is 4.99 Å². The molecule has 2 aliphatic heterocycles. The number of nitriles is 1. The first kappa shape index (κ1) is 21.4. The van der Waals surface area contributed by atoms with Crippen LogP contribution in [0.1, 0.15) is 39.9 Å². The number of benzene rings is 3. The summed E-state index contributed by atoms with van der Waals surface area (Å²) in [5.41, 5.74) is 4.52. The van der Waals surface area contributed by atoms with E-state index in [9.17, 15) is 14.9 Å². The molecule has 2 N–H and O–H groups in total. The number of carbonyl (C=O) groups excluding carboxylic acids is 2. The fraction of sp³-hybridized carbons (Fsp3) is 0.185. The van der Waals surface area contributed by atoms with E-state index in [0.29, 0.717) is 28.2 Å². The Morgan fingerprint density at radius 3 is 2.53 bits per heavy atom. The van der Waals surface area contributed by atoms with Crippen molar-refractivity contribution in [2.45, 2.75) is 19.0 Å². The molecule has 1 fully saturated rings. The van der Waals surface area contributed by atoms with E-state index in [2.05, 4.69) is 21.6 Å². The molecule has 3 aromatic carbocycles. The van der Waals surface area contributed by atoms with Crippen molar-refractivity contribution in [3.8, 4) is 6.07 Å². The van der Waals surface area contributed by atoms with Crippen molar-refractivity contribution in [2.75, 3.05) is 23.3 Å². The van der Waals surface area contributed by atoms with Gasteiger partial charge in [-0.2, -0.15) is 5.26 Å². The summed E-state index contributed by atoms with van der Waals surface area (Å²) in [6.45, 7) is 1.65. The number of nitrogens with one attached hydrogen (secondary N) is 2. The number of fused-ring (bicyclic) bond motifs is 1. The Morgan fingerprint density at radius 1 is 1.03 bits per heavy atom. The average molecular weight is 450 g/mol. The highest BCUT2D eigenvalue weighted by atomic mass is 16.2. The lowest BCUT2D eigenvalue weighted by molar-refractivity contribution is -0.117. The SMILES string of the molecule is N#Cc1ccc(C(=O)NC2N=C(c3ccccc3)c3ccccc3NC2=O)c(N2CCCC2)c1. The molecule has 2 aliphatic rings. The summed E-state index contributed by atoms with van der Waals surface area (Å²) < 4.78 is 0. The minimum absolute atomic E-state index is 0.409. The molecule has 0 aromatic heterocycles. The Labute approximate surface area is 197 Å². The Kier molecular flexibility index (Phi) is 5.79. The van der Waals surface area contributed by atoms with Crippen molar-refractivity contribution in [3.63, 3.8) is 0 Å². The number of anilines is 2. The molecule has 5 rings (SSSR count). The first-order valence-electron chi connectivity index (χ1n) is 11.3. The van der Waals surface area contributed by atoms with Gasteiger partial charge < -0.3 is 15.5 Å². The molecular formula is C27H23N5O2. The molecule has 168 valence electrons. The number of aliphatic imine (C=N–C) groups is 1. The maximum absolute atomic E-state index is 13.4. The fourth-order valence-electron chi connectivity index (χ4n) is 4.40. The van der Waals surface area contributed by atoms with Gasteiger partial charge in [0.2, 0.25) is 6.17 Å². The molecule has 2 heterocycles. The normalized spacial score (nSPS) is 17.1. The van der Waals surface area contributed by atoms with E-state index in [-0.39, 0.29) is 0 Å². The molecule has 3 aromatic rings. The van der Waals surface area contributed by atoms with Crippen LogP contribution in [0.2, 0.25) is 0 Å². The molecule has 34 heavy (non-hydrogen) atoms. The lowest BCUT2D eigenvalue weighted by Gasteiger charge is -2.22. The molecule has 0 saturated carbocycles. The predicted octanol–water partition coefficient (Wildman–Crippen LogP) is 3.70. The van der Waals surface area contributed by atoms with Gasteiger partial charge in [0.1, 0.15) is 0 Å². The number of carbonyl (C=O) groups is 2. The molecular weight excluding hydrogens is 426 g/mol. The lowest BCUT2D eigenvalue weighted by atomic mass is 10.0. The summed E-state index contributed by atoms with van der Waals surface area (Å²) in [4.78, 5) is 33.3. The predicted molar refractivity (Wildman–Crippen MR) is 131 cm³/mol. The summed E-state index contributed by atoms with van der Waals surface area (Å²) >= 11 is 0. The average Bonchev–Trinajstić information content (AvgIpc) is 3.37. The minimum atomic E-state index is -1.11. The van der Waals surface area contributed by atoms with Gasteiger partial charge in [0.05, 0.1) is 34.3 Å². The van der Waals surface area contributed by atoms with Crippen molar-refractivity contribution in [1.82, 2.24) is 5.32 Å². The van der Waals surface area contributed by atoms with Gasteiger partial charge in [0.25, 0.3) is 11.8 Å². The van der Waals surface area contributed by atoms with Crippen LogP contribution in [0.4, 0.5) is 11.4 Å². The summed E-state index contributed by atoms with van der Waals surface area (Å²) in [5, 5.41) is 15.1. The Balaban J connectivity index is 1.52. The molecule has 0 bridgehead atoms. The minimum Gasteiger partial charge on any atom is -0.371 e. The third-order valence-corrected chi connectivity index (χ3v) is 6.08. The summed E-state index contributed by atoms with van der Waals surface area (Å²) in [7, 11) is 0. The van der Waals surface area contributed by atoms with Crippen LogP contribution in [0.15, 0.2) is 77.8 Å². The van der Waals surface area contributed by atoms with Crippen LogP contribution in [0, 0.1) is 11.3 Å². The van der Waals surface area contributed by atoms with Crippen LogP contribution in [0.5, 0.6) is 0 Å². The zero-order chi connectivity index (χ0) is 23.5. The first-order valence-corrected chi connectivity index (χ1v) is 11.3. The van der Waals surface area contributed by atoms with Gasteiger partial charge in [0.15, 0.2) is 0 Å². The van der Waals surface area contributed by atoms with E-state index in [0.717, 1.165) is 37.1 Å². The maximum atomic E-state index is 13.4. The van der Waals surface area contributed by atoms with E-state index in [1.165, 1.54) is 0 Å². The summed E-state index contributed by atoms with van der Waals surface area (Å²) in [6.07, 6.45) is 0.953. The van der Waals surface area contributed by atoms with E-state index < -0.39 is 18.0 Å². The highest BCUT2D eigenvalue weighted by Gasteiger charge is 2.29. The van der Waals surface area contributed by atoms with Gasteiger partial charge in [-0.3, -0.25) is 9.59 Å². The van der Waals surface area contributed by atoms with Crippen molar-refractivity contribution < 1.29 is 9.59 Å². The number of rotatable bonds is 4. The van der Waals surface area contributed by atoms with E-state index >= 15 is 0 Å². The Morgan fingerprint density at radius 2 is 1.76 bits per heavy atom. The Hall–Kier alpha value is -4.44. The molecule has 1 saturated heterocycles. The van der Waals surface area contributed by atoms with Gasteiger partial charge >= 0.3 is 0 Å². The van der Waals surface area contributed by atoms with E-state index in [1.54, 1.807) is 18.2 Å². The number of amides is 2. The number of hydrogen-bond acceptors (Lipinski definition) is 5. The second-order valence-corrected chi connectivity index (χ2v) is 8.29. The monoisotopic (exact) mass is 449 g/mol. The van der Waals surface area contributed by atoms with Crippen molar-refractivity contribution in [3.05, 3.63) is 95.1 Å². The molecule has 0 radical (unpaired) electrons. The molecule has 2 amide bonds. The molecule has 1 unspecified atom stereocenters. The molecule has 0 aliphatic carbocycles. The number of para-hydroxylation sites is 1. The standard InChI is InChI=1S/C27H23N5O2/c28-17-18-12-13-21(23(16-18)32-14-6-7-15-32)26(33)31-25-27(34)29-22-11-5-4-10-20(22)24(30-25)19-8-2-1-3-9-19/h1-5,8-13,16,25H,6-7,14-15H2,(H,29,34)(H,31,33). The third-order valence-electron chi connectivity index (χ3n) is 6.08. The lowest BCUT2D eigenvalue weighted by Crippen LogP contribution is -2.42. The van der Waals surface area contributed by atoms with Crippen LogP contribution in [-0.2, 0) is 4.79 Å². The zero-order valence-electron chi connectivity index (χ0n) is 18.5. The number of hydrogen-bond donors (Lipinski definition) is 2. The van der Waals surface area contributed by atoms with Crippen LogP contribution in [-0.4, -0.2) is 36.8 Å². The van der Waals surface area contributed by atoms with Crippen LogP contribution in [0.25, 0.3) is 0 Å². The number of benzodiazepines with no additional fused rings is 1. The molecule has 1 atom stereocenters. The second kappa shape index (κ2) is 9.20. The first-order chi connectivity index (χ1) is 16.6. The maximum Gasteiger partial charge on any atom is 0.269 e. The van der Waals surface area contributed by atoms with Gasteiger partial charge in [-0.05, 0) is 37.1 Å². The quantitative estimate of drug-likeness (QED) is 0.635. The fourth-order valence-corrected chi connectivity index (χ4v) is 4.40. The van der Waals surface area contributed by atoms with Gasteiger partial charge in [-0.15, -0.1) is 0 Å². The van der Waals surface area contributed by atoms with Crippen LogP contribution >= 0.6 is 0 Å².